The van der Waals surface area contributed by atoms with E-state index in [-0.39, 0.29) is 13.0 Å². The van der Waals surface area contributed by atoms with E-state index in [0.717, 1.165) is 12.0 Å². The predicted octanol–water partition coefficient (Wildman–Crippen LogP) is 2.89. The van der Waals surface area contributed by atoms with Crippen LogP contribution in [0.15, 0.2) is 36.4 Å². The molecule has 0 saturated heterocycles. The van der Waals surface area contributed by atoms with Crippen molar-refractivity contribution >= 4 is 23.5 Å². The summed E-state index contributed by atoms with van der Waals surface area (Å²) < 4.78 is 16.4. The highest BCUT2D eigenvalue weighted by Gasteiger charge is 2.17. The lowest BCUT2D eigenvalue weighted by molar-refractivity contribution is -0.144. The van der Waals surface area contributed by atoms with Gasteiger partial charge in [0.25, 0.3) is 0 Å². The van der Waals surface area contributed by atoms with Crippen LogP contribution in [0.5, 0.6) is 11.5 Å². The van der Waals surface area contributed by atoms with E-state index in [9.17, 15) is 9.59 Å². The SMILES string of the molecule is NC(=O)c1ccc(COC(=O)Cc2cc(Cl)c3c(c2)OCCCO3)cc1. The summed E-state index contributed by atoms with van der Waals surface area (Å²) in [6, 6.07) is 9.99. The molecule has 0 atom stereocenters. The summed E-state index contributed by atoms with van der Waals surface area (Å²) in [5, 5.41) is 0.411. The van der Waals surface area contributed by atoms with Crippen LogP contribution in [0.3, 0.4) is 0 Å². The number of carbonyl (C=O) groups is 2. The number of esters is 1. The Balaban J connectivity index is 1.60. The molecule has 2 N–H and O–H groups in total. The van der Waals surface area contributed by atoms with Gasteiger partial charge in [0.1, 0.15) is 6.61 Å². The number of carbonyl (C=O) groups excluding carboxylic acids is 2. The monoisotopic (exact) mass is 375 g/mol. The van der Waals surface area contributed by atoms with E-state index in [0.29, 0.717) is 40.9 Å². The van der Waals surface area contributed by atoms with Crippen molar-refractivity contribution in [2.24, 2.45) is 5.73 Å². The van der Waals surface area contributed by atoms with Gasteiger partial charge in [-0.3, -0.25) is 9.59 Å². The summed E-state index contributed by atoms with van der Waals surface area (Å²) in [5.74, 6) is 0.157. The second-order valence-corrected chi connectivity index (χ2v) is 6.26. The molecule has 26 heavy (non-hydrogen) atoms. The Morgan fingerprint density at radius 3 is 2.54 bits per heavy atom. The third kappa shape index (κ3) is 4.46. The van der Waals surface area contributed by atoms with E-state index >= 15 is 0 Å². The van der Waals surface area contributed by atoms with Crippen molar-refractivity contribution in [1.29, 1.82) is 0 Å². The molecule has 7 heteroatoms. The van der Waals surface area contributed by atoms with Gasteiger partial charge in [-0.2, -0.15) is 0 Å². The maximum atomic E-state index is 12.1. The van der Waals surface area contributed by atoms with Crippen LogP contribution in [0, 0.1) is 0 Å². The van der Waals surface area contributed by atoms with Gasteiger partial charge in [-0.1, -0.05) is 23.7 Å². The zero-order chi connectivity index (χ0) is 18.5. The lowest BCUT2D eigenvalue weighted by atomic mass is 10.1. The van der Waals surface area contributed by atoms with Crippen LogP contribution in [-0.4, -0.2) is 25.1 Å². The average molecular weight is 376 g/mol. The Hall–Kier alpha value is -2.73. The van der Waals surface area contributed by atoms with Crippen LogP contribution in [0.2, 0.25) is 5.02 Å². The molecule has 136 valence electrons. The number of benzene rings is 2. The highest BCUT2D eigenvalue weighted by molar-refractivity contribution is 6.32. The van der Waals surface area contributed by atoms with Gasteiger partial charge in [-0.05, 0) is 35.4 Å². The molecular formula is C19H18ClNO5. The van der Waals surface area contributed by atoms with Crippen molar-refractivity contribution in [2.75, 3.05) is 13.2 Å². The molecule has 2 aromatic carbocycles. The summed E-state index contributed by atoms with van der Waals surface area (Å²) in [6.45, 7) is 1.19. The number of rotatable bonds is 5. The van der Waals surface area contributed by atoms with Gasteiger partial charge in [0.2, 0.25) is 5.91 Å². The Morgan fingerprint density at radius 1 is 1.08 bits per heavy atom. The molecule has 6 nitrogen and oxygen atoms in total. The summed E-state index contributed by atoms with van der Waals surface area (Å²) in [5.41, 5.74) is 7.04. The summed E-state index contributed by atoms with van der Waals surface area (Å²) in [4.78, 5) is 23.1. The van der Waals surface area contributed by atoms with Crippen LogP contribution in [-0.2, 0) is 22.6 Å². The quantitative estimate of drug-likeness (QED) is 0.812. The van der Waals surface area contributed by atoms with Gasteiger partial charge in [0.05, 0.1) is 24.7 Å². The zero-order valence-corrected chi connectivity index (χ0v) is 14.8. The fourth-order valence-electron chi connectivity index (χ4n) is 2.53. The van der Waals surface area contributed by atoms with Crippen LogP contribution in [0.25, 0.3) is 0 Å². The van der Waals surface area contributed by atoms with Crippen molar-refractivity contribution in [3.05, 3.63) is 58.1 Å². The number of amides is 1. The third-order valence-electron chi connectivity index (χ3n) is 3.85. The minimum atomic E-state index is -0.500. The molecule has 0 unspecified atom stereocenters. The number of hydrogen-bond donors (Lipinski definition) is 1. The van der Waals surface area contributed by atoms with E-state index in [2.05, 4.69) is 0 Å². The molecule has 0 bridgehead atoms. The van der Waals surface area contributed by atoms with Gasteiger partial charge in [-0.25, -0.2) is 0 Å². The summed E-state index contributed by atoms with van der Waals surface area (Å²) in [6.07, 6.45) is 0.840. The molecule has 1 heterocycles. The molecule has 0 spiro atoms. The van der Waals surface area contributed by atoms with Gasteiger partial charge < -0.3 is 19.9 Å². The minimum absolute atomic E-state index is 0.0652. The average Bonchev–Trinajstić information content (AvgIpc) is 2.86. The Morgan fingerprint density at radius 2 is 1.81 bits per heavy atom. The molecule has 0 saturated carbocycles. The molecule has 0 aliphatic carbocycles. The zero-order valence-electron chi connectivity index (χ0n) is 14.0. The normalized spacial score (nSPS) is 13.0. The number of hydrogen-bond acceptors (Lipinski definition) is 5. The number of ether oxygens (including phenoxy) is 3. The van der Waals surface area contributed by atoms with Gasteiger partial charge in [0.15, 0.2) is 11.5 Å². The first-order valence-electron chi connectivity index (χ1n) is 8.15. The topological polar surface area (TPSA) is 87.9 Å². The highest BCUT2D eigenvalue weighted by atomic mass is 35.5. The van der Waals surface area contributed by atoms with E-state index in [1.54, 1.807) is 36.4 Å². The number of fused-ring (bicyclic) bond motifs is 1. The van der Waals surface area contributed by atoms with Crippen molar-refractivity contribution in [3.63, 3.8) is 0 Å². The fourth-order valence-corrected chi connectivity index (χ4v) is 2.82. The van der Waals surface area contributed by atoms with Crippen LogP contribution in [0.4, 0.5) is 0 Å². The van der Waals surface area contributed by atoms with Crippen LogP contribution < -0.4 is 15.2 Å². The molecule has 3 rings (SSSR count). The van der Waals surface area contributed by atoms with E-state index in [1.165, 1.54) is 0 Å². The van der Waals surface area contributed by atoms with E-state index in [4.69, 9.17) is 31.5 Å². The van der Waals surface area contributed by atoms with Gasteiger partial charge >= 0.3 is 5.97 Å². The number of halogens is 1. The molecule has 0 radical (unpaired) electrons. The van der Waals surface area contributed by atoms with Crippen molar-refractivity contribution < 1.29 is 23.8 Å². The van der Waals surface area contributed by atoms with E-state index in [1.807, 2.05) is 0 Å². The first-order valence-corrected chi connectivity index (χ1v) is 8.53. The molecule has 1 amide bonds. The molecule has 2 aromatic rings. The van der Waals surface area contributed by atoms with Crippen LogP contribution >= 0.6 is 11.6 Å². The molecule has 0 aromatic heterocycles. The number of nitrogens with two attached hydrogens (primary N) is 1. The minimum Gasteiger partial charge on any atom is -0.489 e. The lowest BCUT2D eigenvalue weighted by Crippen LogP contribution is -2.11. The van der Waals surface area contributed by atoms with Crippen molar-refractivity contribution in [2.45, 2.75) is 19.4 Å². The fraction of sp³-hybridized carbons (Fsp3) is 0.263. The molecule has 0 fully saturated rings. The van der Waals surface area contributed by atoms with Crippen molar-refractivity contribution in [3.8, 4) is 11.5 Å². The summed E-state index contributed by atoms with van der Waals surface area (Å²) >= 11 is 6.22. The third-order valence-corrected chi connectivity index (χ3v) is 4.13. The maximum Gasteiger partial charge on any atom is 0.310 e. The first kappa shape index (κ1) is 18.1. The van der Waals surface area contributed by atoms with Gasteiger partial charge in [-0.15, -0.1) is 0 Å². The molecule has 1 aliphatic rings. The summed E-state index contributed by atoms with van der Waals surface area (Å²) in [7, 11) is 0. The Bertz CT molecular complexity index is 819. The standard InChI is InChI=1S/C19H18ClNO5/c20-15-8-13(9-16-18(15)25-7-1-6-24-16)10-17(22)26-11-12-2-4-14(5-3-12)19(21)23/h2-5,8-9H,1,6-7,10-11H2,(H2,21,23). The second kappa shape index (κ2) is 8.10. The maximum absolute atomic E-state index is 12.1. The largest absolute Gasteiger partial charge is 0.489 e. The lowest BCUT2D eigenvalue weighted by Gasteiger charge is -2.11. The first-order chi connectivity index (χ1) is 12.5. The number of primary amides is 1. The van der Waals surface area contributed by atoms with E-state index < -0.39 is 11.9 Å². The van der Waals surface area contributed by atoms with Gasteiger partial charge in [0, 0.05) is 12.0 Å². The molecular weight excluding hydrogens is 358 g/mol. The highest BCUT2D eigenvalue weighted by Crippen LogP contribution is 2.38. The molecule has 1 aliphatic heterocycles. The van der Waals surface area contributed by atoms with Crippen LogP contribution in [0.1, 0.15) is 27.9 Å². The second-order valence-electron chi connectivity index (χ2n) is 5.85. The smallest absolute Gasteiger partial charge is 0.310 e. The Labute approximate surface area is 155 Å². The Kier molecular flexibility index (Phi) is 5.63. The predicted molar refractivity (Wildman–Crippen MR) is 95.5 cm³/mol. The van der Waals surface area contributed by atoms with Crippen molar-refractivity contribution in [1.82, 2.24) is 0 Å².